The van der Waals surface area contributed by atoms with E-state index >= 15 is 0 Å². The summed E-state index contributed by atoms with van der Waals surface area (Å²) >= 11 is 0. The SMILES string of the molecule is O=C(O)c1ccccc1C(=O)O.OCO. The summed E-state index contributed by atoms with van der Waals surface area (Å²) in [4.78, 5) is 20.9. The van der Waals surface area contributed by atoms with Crippen molar-refractivity contribution in [1.29, 1.82) is 0 Å². The van der Waals surface area contributed by atoms with Crippen LogP contribution in [0.3, 0.4) is 0 Å². The number of carboxylic acids is 2. The molecule has 0 saturated carbocycles. The zero-order valence-electron chi connectivity index (χ0n) is 7.62. The molecule has 0 aliphatic carbocycles. The van der Waals surface area contributed by atoms with Crippen molar-refractivity contribution in [1.82, 2.24) is 0 Å². The van der Waals surface area contributed by atoms with Gasteiger partial charge in [-0.2, -0.15) is 0 Å². The van der Waals surface area contributed by atoms with E-state index in [0.29, 0.717) is 0 Å². The van der Waals surface area contributed by atoms with Gasteiger partial charge in [0.15, 0.2) is 0 Å². The Labute approximate surface area is 85.0 Å². The normalized spacial score (nSPS) is 8.67. The minimum atomic E-state index is -1.23. The average Bonchev–Trinajstić information content (AvgIpc) is 2.19. The molecule has 0 fully saturated rings. The van der Waals surface area contributed by atoms with Crippen LogP contribution in [-0.2, 0) is 0 Å². The highest BCUT2D eigenvalue weighted by Crippen LogP contribution is 2.07. The van der Waals surface area contributed by atoms with Gasteiger partial charge in [-0.1, -0.05) is 12.1 Å². The van der Waals surface area contributed by atoms with E-state index in [1.807, 2.05) is 0 Å². The van der Waals surface area contributed by atoms with Crippen LogP contribution in [-0.4, -0.2) is 39.2 Å². The topological polar surface area (TPSA) is 115 Å². The van der Waals surface area contributed by atoms with Gasteiger partial charge in [0, 0.05) is 0 Å². The van der Waals surface area contributed by atoms with E-state index in [1.165, 1.54) is 24.3 Å². The number of carbonyl (C=O) groups is 2. The molecular weight excluding hydrogens is 204 g/mol. The van der Waals surface area contributed by atoms with Crippen molar-refractivity contribution in [2.75, 3.05) is 6.79 Å². The summed E-state index contributed by atoms with van der Waals surface area (Å²) in [5.74, 6) is -2.46. The van der Waals surface area contributed by atoms with Gasteiger partial charge in [0.05, 0.1) is 11.1 Å². The van der Waals surface area contributed by atoms with Crippen molar-refractivity contribution >= 4 is 11.9 Å². The second-order valence-corrected chi connectivity index (χ2v) is 2.30. The Bertz CT molecular complexity index is 313. The average molecular weight is 214 g/mol. The van der Waals surface area contributed by atoms with Crippen LogP contribution in [0.2, 0.25) is 0 Å². The monoisotopic (exact) mass is 214 g/mol. The molecule has 6 nitrogen and oxygen atoms in total. The maximum absolute atomic E-state index is 10.5. The summed E-state index contributed by atoms with van der Waals surface area (Å²) in [5, 5.41) is 31.4. The molecule has 0 aliphatic heterocycles. The zero-order valence-corrected chi connectivity index (χ0v) is 7.62. The van der Waals surface area contributed by atoms with E-state index in [0.717, 1.165) is 0 Å². The predicted octanol–water partition coefficient (Wildman–Crippen LogP) is 0.0115. The maximum atomic E-state index is 10.5. The first-order chi connectivity index (χ1) is 7.04. The van der Waals surface area contributed by atoms with E-state index in [4.69, 9.17) is 20.4 Å². The van der Waals surface area contributed by atoms with Crippen molar-refractivity contribution < 1.29 is 30.0 Å². The molecule has 0 aromatic heterocycles. The van der Waals surface area contributed by atoms with Gasteiger partial charge in [-0.15, -0.1) is 0 Å². The molecule has 0 bridgehead atoms. The molecule has 1 rings (SSSR count). The fourth-order valence-electron chi connectivity index (χ4n) is 0.856. The molecule has 0 radical (unpaired) electrons. The van der Waals surface area contributed by atoms with E-state index in [9.17, 15) is 9.59 Å². The van der Waals surface area contributed by atoms with Gasteiger partial charge in [-0.3, -0.25) is 0 Å². The predicted molar refractivity (Wildman–Crippen MR) is 49.7 cm³/mol. The van der Waals surface area contributed by atoms with Gasteiger partial charge >= 0.3 is 11.9 Å². The van der Waals surface area contributed by atoms with Crippen molar-refractivity contribution in [3.8, 4) is 0 Å². The first-order valence-corrected chi connectivity index (χ1v) is 3.82. The molecule has 0 saturated heterocycles. The standard InChI is InChI=1S/C8H6O4.CH4O2/c9-7(10)5-3-1-2-4-6(5)8(11)12;2-1-3/h1-4H,(H,9,10)(H,11,12);2-3H,1H2. The second kappa shape index (κ2) is 6.52. The Morgan fingerprint density at radius 3 is 1.40 bits per heavy atom. The van der Waals surface area contributed by atoms with E-state index in [-0.39, 0.29) is 11.1 Å². The summed E-state index contributed by atoms with van der Waals surface area (Å²) in [5.41, 5.74) is -0.380. The minimum absolute atomic E-state index is 0.190. The lowest BCUT2D eigenvalue weighted by Gasteiger charge is -1.98. The molecule has 0 spiro atoms. The number of rotatable bonds is 2. The molecule has 6 heteroatoms. The van der Waals surface area contributed by atoms with E-state index in [2.05, 4.69) is 0 Å². The Morgan fingerprint density at radius 2 is 1.20 bits per heavy atom. The zero-order chi connectivity index (χ0) is 11.8. The van der Waals surface area contributed by atoms with Crippen molar-refractivity contribution in [3.05, 3.63) is 35.4 Å². The summed E-state index contributed by atoms with van der Waals surface area (Å²) in [6.45, 7) is -0.750. The number of benzene rings is 1. The van der Waals surface area contributed by atoms with Gasteiger partial charge in [0.2, 0.25) is 0 Å². The molecule has 4 N–H and O–H groups in total. The maximum Gasteiger partial charge on any atom is 0.336 e. The number of hydrogen-bond acceptors (Lipinski definition) is 4. The Balaban J connectivity index is 0.000000583. The lowest BCUT2D eigenvalue weighted by atomic mass is 10.1. The number of hydrogen-bond donors (Lipinski definition) is 4. The minimum Gasteiger partial charge on any atom is -0.478 e. The lowest BCUT2D eigenvalue weighted by Crippen LogP contribution is -2.06. The van der Waals surface area contributed by atoms with Crippen LogP contribution in [0.5, 0.6) is 0 Å². The van der Waals surface area contributed by atoms with Crippen LogP contribution in [0.25, 0.3) is 0 Å². The third kappa shape index (κ3) is 4.21. The summed E-state index contributed by atoms with van der Waals surface area (Å²) in [6, 6.07) is 5.48. The molecule has 0 aliphatic rings. The van der Waals surface area contributed by atoms with E-state index in [1.54, 1.807) is 0 Å². The number of carboxylic acid groups (broad SMARTS) is 2. The number of aliphatic hydroxyl groups excluding tert-OH is 1. The van der Waals surface area contributed by atoms with Crippen LogP contribution in [0, 0.1) is 0 Å². The fourth-order valence-corrected chi connectivity index (χ4v) is 0.856. The molecule has 1 aromatic rings. The van der Waals surface area contributed by atoms with Crippen LogP contribution in [0.1, 0.15) is 20.7 Å². The van der Waals surface area contributed by atoms with Crippen LogP contribution >= 0.6 is 0 Å². The largest absolute Gasteiger partial charge is 0.478 e. The molecule has 0 atom stereocenters. The first kappa shape index (κ1) is 13.1. The highest BCUT2D eigenvalue weighted by atomic mass is 16.5. The molecule has 0 heterocycles. The molecule has 0 amide bonds. The molecule has 0 unspecified atom stereocenters. The third-order valence-electron chi connectivity index (χ3n) is 1.39. The Kier molecular flexibility index (Phi) is 5.69. The Morgan fingerprint density at radius 1 is 0.933 bits per heavy atom. The third-order valence-corrected chi connectivity index (χ3v) is 1.39. The van der Waals surface area contributed by atoms with Crippen LogP contribution < -0.4 is 0 Å². The van der Waals surface area contributed by atoms with Crippen molar-refractivity contribution in [2.24, 2.45) is 0 Å². The van der Waals surface area contributed by atoms with Gasteiger partial charge in [0.1, 0.15) is 6.79 Å². The van der Waals surface area contributed by atoms with Gasteiger partial charge in [-0.25, -0.2) is 9.59 Å². The van der Waals surface area contributed by atoms with Crippen LogP contribution in [0.4, 0.5) is 0 Å². The second-order valence-electron chi connectivity index (χ2n) is 2.30. The van der Waals surface area contributed by atoms with Gasteiger partial charge < -0.3 is 20.4 Å². The molecule has 1 aromatic carbocycles. The molecule has 15 heavy (non-hydrogen) atoms. The quantitative estimate of drug-likeness (QED) is 0.515. The summed E-state index contributed by atoms with van der Waals surface area (Å²) in [6.07, 6.45) is 0. The van der Waals surface area contributed by atoms with Crippen LogP contribution in [0.15, 0.2) is 24.3 Å². The molecule has 82 valence electrons. The highest BCUT2D eigenvalue weighted by molar-refractivity contribution is 6.01. The summed E-state index contributed by atoms with van der Waals surface area (Å²) in [7, 11) is 0. The van der Waals surface area contributed by atoms with Crippen molar-refractivity contribution in [3.63, 3.8) is 0 Å². The lowest BCUT2D eigenvalue weighted by molar-refractivity contribution is 0.0651. The molecular formula is C9H10O6. The highest BCUT2D eigenvalue weighted by Gasteiger charge is 2.13. The van der Waals surface area contributed by atoms with E-state index < -0.39 is 18.7 Å². The van der Waals surface area contributed by atoms with Gasteiger partial charge in [0.25, 0.3) is 0 Å². The smallest absolute Gasteiger partial charge is 0.336 e. The van der Waals surface area contributed by atoms with Crippen molar-refractivity contribution in [2.45, 2.75) is 0 Å². The number of aliphatic hydroxyl groups is 2. The Hall–Kier alpha value is -1.92. The van der Waals surface area contributed by atoms with Gasteiger partial charge in [-0.05, 0) is 12.1 Å². The fraction of sp³-hybridized carbons (Fsp3) is 0.111. The first-order valence-electron chi connectivity index (χ1n) is 3.82. The number of aromatic carboxylic acids is 2. The summed E-state index contributed by atoms with van der Waals surface area (Å²) < 4.78 is 0.